The second-order valence-corrected chi connectivity index (χ2v) is 6.14. The lowest BCUT2D eigenvalue weighted by Crippen LogP contribution is -2.42. The third-order valence-corrected chi connectivity index (χ3v) is 4.29. The van der Waals surface area contributed by atoms with E-state index in [2.05, 4.69) is 39.1 Å². The zero-order valence-corrected chi connectivity index (χ0v) is 14.4. The summed E-state index contributed by atoms with van der Waals surface area (Å²) >= 11 is 6.92. The van der Waals surface area contributed by atoms with Gasteiger partial charge in [0.2, 0.25) is 0 Å². The highest BCUT2D eigenvalue weighted by Crippen LogP contribution is 2.13. The number of morpholine rings is 1. The van der Waals surface area contributed by atoms with Gasteiger partial charge >= 0.3 is 0 Å². The molecule has 0 atom stereocenters. The van der Waals surface area contributed by atoms with Gasteiger partial charge in [0, 0.05) is 31.1 Å². The van der Waals surface area contributed by atoms with Crippen LogP contribution in [0.2, 0.25) is 0 Å². The molecule has 0 aliphatic carbocycles. The fourth-order valence-corrected chi connectivity index (χ4v) is 2.61. The van der Waals surface area contributed by atoms with Crippen LogP contribution >= 0.6 is 24.0 Å². The van der Waals surface area contributed by atoms with Crippen LogP contribution in [0.5, 0.6) is 0 Å². The van der Waals surface area contributed by atoms with Crippen molar-refractivity contribution in [2.45, 2.75) is 4.90 Å². The number of rotatable bonds is 6. The first-order valence-electron chi connectivity index (χ1n) is 7.29. The van der Waals surface area contributed by atoms with E-state index in [0.29, 0.717) is 5.11 Å². The molecule has 22 heavy (non-hydrogen) atoms. The number of hydrogen-bond acceptors (Lipinski definition) is 5. The van der Waals surface area contributed by atoms with Crippen molar-refractivity contribution < 1.29 is 4.74 Å². The van der Waals surface area contributed by atoms with E-state index in [1.165, 1.54) is 4.90 Å². The lowest BCUT2D eigenvalue weighted by atomic mass is 10.2. The molecule has 1 heterocycles. The van der Waals surface area contributed by atoms with Crippen molar-refractivity contribution >= 4 is 35.3 Å². The topological polar surface area (TPSA) is 48.9 Å². The molecule has 0 saturated carbocycles. The van der Waals surface area contributed by atoms with Crippen molar-refractivity contribution in [3.8, 4) is 0 Å². The summed E-state index contributed by atoms with van der Waals surface area (Å²) in [6.07, 6.45) is 3.83. The summed E-state index contributed by atoms with van der Waals surface area (Å²) in [5, 5.41) is 7.85. The number of hydrogen-bond donors (Lipinski definition) is 2. The molecule has 0 spiro atoms. The molecule has 0 aromatic heterocycles. The maximum Gasteiger partial charge on any atom is 0.187 e. The molecular weight excluding hydrogens is 316 g/mol. The molecular formula is C15H22N4OS2. The molecule has 2 N–H and O–H groups in total. The molecule has 5 nitrogen and oxygen atoms in total. The largest absolute Gasteiger partial charge is 0.379 e. The van der Waals surface area contributed by atoms with E-state index >= 15 is 0 Å². The minimum atomic E-state index is 0.547. The Bertz CT molecular complexity index is 487. The molecule has 0 radical (unpaired) electrons. The minimum Gasteiger partial charge on any atom is -0.379 e. The summed E-state index contributed by atoms with van der Waals surface area (Å²) < 4.78 is 5.32. The quantitative estimate of drug-likeness (QED) is 0.355. The van der Waals surface area contributed by atoms with Gasteiger partial charge in [-0.1, -0.05) is 12.1 Å². The van der Waals surface area contributed by atoms with Gasteiger partial charge in [-0.05, 0) is 36.2 Å². The standard InChI is InChI=1S/C15H22N4OS2/c1-22-14-4-2-13(3-5-14)12-17-18-15(21)16-6-7-19-8-10-20-11-9-19/h2-5,12H,6-11H2,1H3,(H2,16,18,21)/b17-12+. The Labute approximate surface area is 141 Å². The van der Waals surface area contributed by atoms with Gasteiger partial charge in [0.05, 0.1) is 19.4 Å². The maximum absolute atomic E-state index is 5.32. The predicted octanol–water partition coefficient (Wildman–Crippen LogP) is 1.54. The van der Waals surface area contributed by atoms with Crippen molar-refractivity contribution in [2.75, 3.05) is 45.6 Å². The number of nitrogens with one attached hydrogen (secondary N) is 2. The van der Waals surface area contributed by atoms with Crippen molar-refractivity contribution in [2.24, 2.45) is 5.10 Å². The Hall–Kier alpha value is -1.15. The second kappa shape index (κ2) is 9.78. The Morgan fingerprint density at radius 3 is 2.77 bits per heavy atom. The van der Waals surface area contributed by atoms with Crippen LogP contribution in [0.25, 0.3) is 0 Å². The third kappa shape index (κ3) is 6.31. The normalized spacial score (nSPS) is 15.9. The van der Waals surface area contributed by atoms with E-state index in [0.717, 1.165) is 45.0 Å². The first-order valence-corrected chi connectivity index (χ1v) is 8.92. The zero-order valence-electron chi connectivity index (χ0n) is 12.7. The first-order chi connectivity index (χ1) is 10.8. The second-order valence-electron chi connectivity index (χ2n) is 4.85. The van der Waals surface area contributed by atoms with Crippen molar-refractivity contribution in [3.63, 3.8) is 0 Å². The van der Waals surface area contributed by atoms with E-state index in [1.807, 2.05) is 12.1 Å². The maximum atomic E-state index is 5.32. The molecule has 0 amide bonds. The van der Waals surface area contributed by atoms with E-state index in [9.17, 15) is 0 Å². The molecule has 7 heteroatoms. The number of hydrazone groups is 1. The van der Waals surface area contributed by atoms with Crippen LogP contribution in [-0.4, -0.2) is 61.9 Å². The van der Waals surface area contributed by atoms with E-state index in [4.69, 9.17) is 17.0 Å². The van der Waals surface area contributed by atoms with Gasteiger partial charge in [0.15, 0.2) is 5.11 Å². The number of ether oxygens (including phenoxy) is 1. The van der Waals surface area contributed by atoms with Gasteiger partial charge in [0.1, 0.15) is 0 Å². The van der Waals surface area contributed by atoms with Crippen LogP contribution < -0.4 is 10.7 Å². The smallest absolute Gasteiger partial charge is 0.187 e. The Morgan fingerprint density at radius 1 is 1.36 bits per heavy atom. The average molecular weight is 339 g/mol. The lowest BCUT2D eigenvalue weighted by Gasteiger charge is -2.26. The summed E-state index contributed by atoms with van der Waals surface area (Å²) in [5.41, 5.74) is 3.88. The lowest BCUT2D eigenvalue weighted by molar-refractivity contribution is 0.0389. The summed E-state index contributed by atoms with van der Waals surface area (Å²) in [7, 11) is 0. The van der Waals surface area contributed by atoms with Crippen LogP contribution in [0.15, 0.2) is 34.3 Å². The third-order valence-electron chi connectivity index (χ3n) is 3.31. The molecule has 0 unspecified atom stereocenters. The fraction of sp³-hybridized carbons (Fsp3) is 0.467. The SMILES string of the molecule is CSc1ccc(/C=N/NC(=S)NCCN2CCOCC2)cc1. The van der Waals surface area contributed by atoms with E-state index in [1.54, 1.807) is 18.0 Å². The molecule has 1 aliphatic rings. The monoisotopic (exact) mass is 338 g/mol. The van der Waals surface area contributed by atoms with Crippen molar-refractivity contribution in [3.05, 3.63) is 29.8 Å². The highest BCUT2D eigenvalue weighted by molar-refractivity contribution is 7.98. The summed E-state index contributed by atoms with van der Waals surface area (Å²) in [6, 6.07) is 8.22. The first kappa shape index (κ1) is 17.2. The number of thioether (sulfide) groups is 1. The van der Waals surface area contributed by atoms with Crippen LogP contribution in [0.1, 0.15) is 5.56 Å². The summed E-state index contributed by atoms with van der Waals surface area (Å²) in [6.45, 7) is 5.40. The number of nitrogens with zero attached hydrogens (tertiary/aromatic N) is 2. The highest BCUT2D eigenvalue weighted by atomic mass is 32.2. The zero-order chi connectivity index (χ0) is 15.6. The Morgan fingerprint density at radius 2 is 2.09 bits per heavy atom. The van der Waals surface area contributed by atoms with Gasteiger partial charge in [-0.3, -0.25) is 10.3 Å². The number of benzene rings is 1. The van der Waals surface area contributed by atoms with Gasteiger partial charge in [-0.15, -0.1) is 11.8 Å². The van der Waals surface area contributed by atoms with Crippen LogP contribution in [-0.2, 0) is 4.74 Å². The Kier molecular flexibility index (Phi) is 7.65. The molecule has 1 aromatic rings. The van der Waals surface area contributed by atoms with Gasteiger partial charge in [-0.2, -0.15) is 5.10 Å². The Balaban J connectivity index is 1.62. The van der Waals surface area contributed by atoms with Crippen LogP contribution in [0.4, 0.5) is 0 Å². The van der Waals surface area contributed by atoms with Crippen molar-refractivity contribution in [1.29, 1.82) is 0 Å². The molecule has 1 saturated heterocycles. The van der Waals surface area contributed by atoms with Crippen LogP contribution in [0.3, 0.4) is 0 Å². The van der Waals surface area contributed by atoms with E-state index < -0.39 is 0 Å². The summed E-state index contributed by atoms with van der Waals surface area (Å²) in [5.74, 6) is 0. The molecule has 120 valence electrons. The van der Waals surface area contributed by atoms with Gasteiger partial charge in [-0.25, -0.2) is 0 Å². The molecule has 2 rings (SSSR count). The molecule has 1 aromatic carbocycles. The van der Waals surface area contributed by atoms with E-state index in [-0.39, 0.29) is 0 Å². The molecule has 1 fully saturated rings. The summed E-state index contributed by atoms with van der Waals surface area (Å²) in [4.78, 5) is 3.60. The van der Waals surface area contributed by atoms with Crippen molar-refractivity contribution in [1.82, 2.24) is 15.6 Å². The fourth-order valence-electron chi connectivity index (χ4n) is 2.05. The average Bonchev–Trinajstić information content (AvgIpc) is 2.56. The minimum absolute atomic E-state index is 0.547. The van der Waals surface area contributed by atoms with Gasteiger partial charge in [0.25, 0.3) is 0 Å². The molecule has 0 bridgehead atoms. The van der Waals surface area contributed by atoms with Crippen LogP contribution in [0, 0.1) is 0 Å². The van der Waals surface area contributed by atoms with Gasteiger partial charge < -0.3 is 10.1 Å². The molecule has 1 aliphatic heterocycles. The highest BCUT2D eigenvalue weighted by Gasteiger charge is 2.09. The predicted molar refractivity (Wildman–Crippen MR) is 96.8 cm³/mol. The number of thiocarbonyl (C=S) groups is 1.